The highest BCUT2D eigenvalue weighted by molar-refractivity contribution is 6.08. The number of benzene rings is 3. The number of nitrogens with zero attached hydrogens (tertiary/aromatic N) is 2. The van der Waals surface area contributed by atoms with Crippen LogP contribution in [-0.4, -0.2) is 32.7 Å². The Kier molecular flexibility index (Phi) is 6.13. The summed E-state index contributed by atoms with van der Waals surface area (Å²) in [6.07, 6.45) is 0.229. The number of aryl methyl sites for hydroxylation is 1. The Labute approximate surface area is 190 Å². The van der Waals surface area contributed by atoms with E-state index < -0.39 is 5.82 Å². The van der Waals surface area contributed by atoms with Gasteiger partial charge in [-0.2, -0.15) is 0 Å². The largest absolute Gasteiger partial charge is 0.507 e. The standard InChI is InChI=1S/C26H23FN4O2/c1-15-7-12-19-22(13-15)30-25(20-5-3-4-6-23(20)32)31-24(19)21(28)14-16(2)29-26(33)17-8-10-18(27)11-9-17/h3-13,16,28,32H,14H2,1-2H3,(H,29,33)/t16-/m1/s1. The highest BCUT2D eigenvalue weighted by Gasteiger charge is 2.18. The molecule has 4 aromatic rings. The predicted molar refractivity (Wildman–Crippen MR) is 126 cm³/mol. The van der Waals surface area contributed by atoms with Crippen LogP contribution in [-0.2, 0) is 0 Å². The number of carbonyl (C=O) groups is 1. The molecule has 0 bridgehead atoms. The highest BCUT2D eigenvalue weighted by Crippen LogP contribution is 2.29. The van der Waals surface area contributed by atoms with Crippen molar-refractivity contribution in [1.29, 1.82) is 5.41 Å². The smallest absolute Gasteiger partial charge is 0.251 e. The van der Waals surface area contributed by atoms with E-state index in [1.54, 1.807) is 31.2 Å². The Morgan fingerprint density at radius 1 is 1.09 bits per heavy atom. The number of phenols is 1. The monoisotopic (exact) mass is 442 g/mol. The minimum atomic E-state index is -0.410. The Hall–Kier alpha value is -4.13. The van der Waals surface area contributed by atoms with Crippen LogP contribution >= 0.6 is 0 Å². The molecule has 1 heterocycles. The molecule has 4 rings (SSSR count). The lowest BCUT2D eigenvalue weighted by Crippen LogP contribution is -2.34. The molecule has 3 aromatic carbocycles. The van der Waals surface area contributed by atoms with E-state index in [1.807, 2.05) is 25.1 Å². The number of carbonyl (C=O) groups excluding carboxylic acids is 1. The van der Waals surface area contributed by atoms with Crippen LogP contribution in [0.5, 0.6) is 5.75 Å². The molecule has 3 N–H and O–H groups in total. The van der Waals surface area contributed by atoms with Crippen LogP contribution in [0.4, 0.5) is 4.39 Å². The van der Waals surface area contributed by atoms with Crippen molar-refractivity contribution >= 4 is 22.5 Å². The molecule has 7 heteroatoms. The molecule has 33 heavy (non-hydrogen) atoms. The third-order valence-corrected chi connectivity index (χ3v) is 5.28. The van der Waals surface area contributed by atoms with Crippen LogP contribution in [0.2, 0.25) is 0 Å². The van der Waals surface area contributed by atoms with Gasteiger partial charge in [-0.1, -0.05) is 24.3 Å². The lowest BCUT2D eigenvalue weighted by Gasteiger charge is -2.16. The first kappa shape index (κ1) is 22.1. The van der Waals surface area contributed by atoms with Gasteiger partial charge in [-0.15, -0.1) is 0 Å². The number of amides is 1. The zero-order chi connectivity index (χ0) is 23.5. The Balaban J connectivity index is 1.63. The minimum Gasteiger partial charge on any atom is -0.507 e. The van der Waals surface area contributed by atoms with Crippen molar-refractivity contribution in [3.63, 3.8) is 0 Å². The maximum atomic E-state index is 13.1. The minimum absolute atomic E-state index is 0.0573. The van der Waals surface area contributed by atoms with Gasteiger partial charge in [0.15, 0.2) is 5.82 Å². The van der Waals surface area contributed by atoms with Gasteiger partial charge in [-0.25, -0.2) is 14.4 Å². The van der Waals surface area contributed by atoms with E-state index in [-0.39, 0.29) is 29.8 Å². The molecule has 166 valence electrons. The van der Waals surface area contributed by atoms with Crippen LogP contribution in [0.15, 0.2) is 66.7 Å². The number of rotatable bonds is 6. The summed E-state index contributed by atoms with van der Waals surface area (Å²) in [5.74, 6) is -0.364. The summed E-state index contributed by atoms with van der Waals surface area (Å²) < 4.78 is 13.1. The van der Waals surface area contributed by atoms with Crippen molar-refractivity contribution in [2.75, 3.05) is 0 Å². The second-order valence-corrected chi connectivity index (χ2v) is 8.00. The molecular formula is C26H23FN4O2. The van der Waals surface area contributed by atoms with Gasteiger partial charge >= 0.3 is 0 Å². The van der Waals surface area contributed by atoms with Gasteiger partial charge in [-0.3, -0.25) is 4.79 Å². The normalized spacial score (nSPS) is 11.8. The first-order chi connectivity index (χ1) is 15.8. The third kappa shape index (κ3) is 4.87. The molecule has 6 nitrogen and oxygen atoms in total. The predicted octanol–water partition coefficient (Wildman–Crippen LogP) is 5.03. The molecule has 0 saturated heterocycles. The van der Waals surface area contributed by atoms with Crippen molar-refractivity contribution in [2.45, 2.75) is 26.3 Å². The van der Waals surface area contributed by atoms with Gasteiger partial charge in [0.2, 0.25) is 0 Å². The van der Waals surface area contributed by atoms with E-state index in [9.17, 15) is 14.3 Å². The average molecular weight is 442 g/mol. The highest BCUT2D eigenvalue weighted by atomic mass is 19.1. The number of para-hydroxylation sites is 1. The van der Waals surface area contributed by atoms with E-state index in [4.69, 9.17) is 5.41 Å². The fraction of sp³-hybridized carbons (Fsp3) is 0.154. The number of phenolic OH excluding ortho intramolecular Hbond substituents is 1. The molecule has 0 aliphatic carbocycles. The maximum absolute atomic E-state index is 13.1. The molecule has 0 saturated carbocycles. The van der Waals surface area contributed by atoms with Crippen molar-refractivity contribution in [3.8, 4) is 17.1 Å². The number of nitrogens with one attached hydrogen (secondary N) is 2. The van der Waals surface area contributed by atoms with Gasteiger partial charge in [0.25, 0.3) is 5.91 Å². The van der Waals surface area contributed by atoms with E-state index >= 15 is 0 Å². The molecule has 0 unspecified atom stereocenters. The van der Waals surface area contributed by atoms with E-state index in [0.717, 1.165) is 10.9 Å². The van der Waals surface area contributed by atoms with Gasteiger partial charge in [0.1, 0.15) is 11.6 Å². The van der Waals surface area contributed by atoms with Crippen LogP contribution in [0.25, 0.3) is 22.3 Å². The summed E-state index contributed by atoms with van der Waals surface area (Å²) in [5, 5.41) is 22.6. The Morgan fingerprint density at radius 2 is 1.82 bits per heavy atom. The van der Waals surface area contributed by atoms with Gasteiger partial charge in [0, 0.05) is 23.4 Å². The summed E-state index contributed by atoms with van der Waals surface area (Å²) in [7, 11) is 0. The number of hydrogen-bond acceptors (Lipinski definition) is 5. The first-order valence-corrected chi connectivity index (χ1v) is 10.5. The Bertz CT molecular complexity index is 1350. The fourth-order valence-electron chi connectivity index (χ4n) is 3.62. The quantitative estimate of drug-likeness (QED) is 0.365. The third-order valence-electron chi connectivity index (χ3n) is 5.28. The molecular weight excluding hydrogens is 419 g/mol. The van der Waals surface area contributed by atoms with E-state index in [1.165, 1.54) is 24.3 Å². The number of fused-ring (bicyclic) bond motifs is 1. The van der Waals surface area contributed by atoms with Crippen molar-refractivity contribution in [1.82, 2.24) is 15.3 Å². The molecule has 0 radical (unpaired) electrons. The summed E-state index contributed by atoms with van der Waals surface area (Å²) in [6.45, 7) is 3.76. The van der Waals surface area contributed by atoms with Crippen molar-refractivity contribution < 1.29 is 14.3 Å². The summed E-state index contributed by atoms with van der Waals surface area (Å²) in [4.78, 5) is 21.7. The number of halogens is 1. The summed E-state index contributed by atoms with van der Waals surface area (Å²) in [6, 6.07) is 17.5. The molecule has 0 aliphatic rings. The molecule has 0 spiro atoms. The second kappa shape index (κ2) is 9.16. The van der Waals surface area contributed by atoms with Crippen LogP contribution < -0.4 is 5.32 Å². The van der Waals surface area contributed by atoms with E-state index in [0.29, 0.717) is 28.2 Å². The second-order valence-electron chi connectivity index (χ2n) is 8.00. The fourth-order valence-corrected chi connectivity index (χ4v) is 3.62. The van der Waals surface area contributed by atoms with Crippen LogP contribution in [0.1, 0.15) is 35.0 Å². The molecule has 1 amide bonds. The zero-order valence-corrected chi connectivity index (χ0v) is 18.3. The first-order valence-electron chi connectivity index (χ1n) is 10.5. The van der Waals surface area contributed by atoms with Gasteiger partial charge < -0.3 is 15.8 Å². The molecule has 1 atom stereocenters. The van der Waals surface area contributed by atoms with E-state index in [2.05, 4.69) is 15.3 Å². The number of hydrogen-bond donors (Lipinski definition) is 3. The van der Waals surface area contributed by atoms with Gasteiger partial charge in [0.05, 0.1) is 22.5 Å². The maximum Gasteiger partial charge on any atom is 0.251 e. The van der Waals surface area contributed by atoms with Gasteiger partial charge in [-0.05, 0) is 61.9 Å². The van der Waals surface area contributed by atoms with Crippen molar-refractivity contribution in [3.05, 3.63) is 89.4 Å². The SMILES string of the molecule is Cc1ccc2c(C(=N)C[C@@H](C)NC(=O)c3ccc(F)cc3)nc(-c3ccccc3O)nc2c1. The van der Waals surface area contributed by atoms with Crippen LogP contribution in [0, 0.1) is 18.2 Å². The average Bonchev–Trinajstić information content (AvgIpc) is 2.78. The number of aromatic hydroxyl groups is 1. The van der Waals surface area contributed by atoms with Crippen molar-refractivity contribution in [2.24, 2.45) is 0 Å². The summed E-state index contributed by atoms with van der Waals surface area (Å²) >= 11 is 0. The molecule has 0 aliphatic heterocycles. The molecule has 1 aromatic heterocycles. The lowest BCUT2D eigenvalue weighted by atomic mass is 10.0. The Morgan fingerprint density at radius 3 is 2.55 bits per heavy atom. The number of aromatic nitrogens is 2. The van der Waals surface area contributed by atoms with Crippen LogP contribution in [0.3, 0.4) is 0 Å². The topological polar surface area (TPSA) is 99.0 Å². The lowest BCUT2D eigenvalue weighted by molar-refractivity contribution is 0.0941. The summed E-state index contributed by atoms with van der Waals surface area (Å²) in [5.41, 5.74) is 3.19. The molecule has 0 fully saturated rings. The zero-order valence-electron chi connectivity index (χ0n) is 18.3.